The van der Waals surface area contributed by atoms with Crippen LogP contribution in [-0.4, -0.2) is 76.9 Å². The lowest BCUT2D eigenvalue weighted by Gasteiger charge is -2.36. The van der Waals surface area contributed by atoms with E-state index < -0.39 is 0 Å². The van der Waals surface area contributed by atoms with Crippen molar-refractivity contribution in [1.29, 1.82) is 0 Å². The zero-order valence-electron chi connectivity index (χ0n) is 20.5. The van der Waals surface area contributed by atoms with E-state index in [9.17, 15) is 9.59 Å². The van der Waals surface area contributed by atoms with Gasteiger partial charge < -0.3 is 19.6 Å². The number of halogens is 1. The van der Waals surface area contributed by atoms with E-state index in [0.717, 1.165) is 48.6 Å². The largest absolute Gasteiger partial charge is 0.353 e. The van der Waals surface area contributed by atoms with E-state index in [1.807, 2.05) is 21.9 Å². The third-order valence-electron chi connectivity index (χ3n) is 7.35. The third-order valence-corrected chi connectivity index (χ3v) is 7.60. The van der Waals surface area contributed by atoms with Gasteiger partial charge in [0.05, 0.1) is 6.54 Å². The Hall–Kier alpha value is -2.87. The Kier molecular flexibility index (Phi) is 6.82. The van der Waals surface area contributed by atoms with Crippen molar-refractivity contribution in [2.75, 3.05) is 49.1 Å². The first kappa shape index (κ1) is 23.9. The van der Waals surface area contributed by atoms with Crippen LogP contribution in [0, 0.1) is 0 Å². The summed E-state index contributed by atoms with van der Waals surface area (Å²) < 4.78 is 0. The quantitative estimate of drug-likeness (QED) is 0.610. The molecule has 0 aliphatic carbocycles. The minimum atomic E-state index is 0.00238. The average Bonchev–Trinajstić information content (AvgIpc) is 3.45. The maximum absolute atomic E-state index is 13.3. The first-order chi connectivity index (χ1) is 16.9. The second kappa shape index (κ2) is 10.0. The predicted molar refractivity (Wildman–Crippen MR) is 137 cm³/mol. The van der Waals surface area contributed by atoms with Gasteiger partial charge in [0.1, 0.15) is 11.5 Å². The second-order valence-electron chi connectivity index (χ2n) is 9.71. The molecule has 186 valence electrons. The van der Waals surface area contributed by atoms with Crippen LogP contribution >= 0.6 is 11.6 Å². The number of benzene rings is 1. The normalized spacial score (nSPS) is 20.1. The highest BCUT2D eigenvalue weighted by atomic mass is 35.5. The Morgan fingerprint density at radius 2 is 1.83 bits per heavy atom. The number of anilines is 2. The molecule has 3 aliphatic heterocycles. The number of fused-ring (bicyclic) bond motifs is 1. The van der Waals surface area contributed by atoms with E-state index in [1.165, 1.54) is 5.56 Å². The maximum Gasteiger partial charge on any atom is 0.273 e. The Bertz CT molecular complexity index is 1100. The van der Waals surface area contributed by atoms with Crippen LogP contribution < -0.4 is 9.80 Å². The van der Waals surface area contributed by atoms with Crippen LogP contribution in [0.1, 0.15) is 54.7 Å². The van der Waals surface area contributed by atoms with Gasteiger partial charge in [0.15, 0.2) is 0 Å². The zero-order valence-corrected chi connectivity index (χ0v) is 21.3. The SMILES string of the molecule is CCCN1Cc2c(nc(N3CCCC3Cc3ccc(Cl)cc3)nc2N2CCN(C(C)=O)CC2)C1=O. The summed E-state index contributed by atoms with van der Waals surface area (Å²) in [6.07, 6.45) is 3.93. The van der Waals surface area contributed by atoms with Crippen molar-refractivity contribution in [2.45, 2.75) is 52.1 Å². The van der Waals surface area contributed by atoms with Gasteiger partial charge in [0, 0.05) is 62.8 Å². The highest BCUT2D eigenvalue weighted by molar-refractivity contribution is 6.30. The molecule has 1 atom stereocenters. The van der Waals surface area contributed by atoms with E-state index in [0.29, 0.717) is 50.9 Å². The van der Waals surface area contributed by atoms with E-state index in [1.54, 1.807) is 6.92 Å². The van der Waals surface area contributed by atoms with E-state index in [-0.39, 0.29) is 17.9 Å². The van der Waals surface area contributed by atoms with E-state index in [2.05, 4.69) is 28.9 Å². The molecule has 3 aliphatic rings. The summed E-state index contributed by atoms with van der Waals surface area (Å²) >= 11 is 6.08. The molecule has 8 nitrogen and oxygen atoms in total. The Morgan fingerprint density at radius 3 is 2.51 bits per heavy atom. The molecule has 1 aromatic heterocycles. The first-order valence-electron chi connectivity index (χ1n) is 12.7. The number of nitrogens with zero attached hydrogens (tertiary/aromatic N) is 6. The second-order valence-corrected chi connectivity index (χ2v) is 10.2. The molecule has 0 saturated carbocycles. The Balaban J connectivity index is 1.46. The molecule has 9 heteroatoms. The molecule has 1 aromatic carbocycles. The van der Waals surface area contributed by atoms with Crippen LogP contribution in [-0.2, 0) is 17.8 Å². The molecule has 2 aromatic rings. The van der Waals surface area contributed by atoms with Gasteiger partial charge >= 0.3 is 0 Å². The first-order valence-corrected chi connectivity index (χ1v) is 13.0. The fraction of sp³-hybridized carbons (Fsp3) is 0.538. The predicted octanol–water partition coefficient (Wildman–Crippen LogP) is 3.38. The van der Waals surface area contributed by atoms with Crippen LogP contribution in [0.3, 0.4) is 0 Å². The van der Waals surface area contributed by atoms with Gasteiger partial charge in [0.25, 0.3) is 5.91 Å². The molecule has 5 rings (SSSR count). The number of aromatic nitrogens is 2. The fourth-order valence-corrected chi connectivity index (χ4v) is 5.60. The summed E-state index contributed by atoms with van der Waals surface area (Å²) in [5.41, 5.74) is 2.71. The van der Waals surface area contributed by atoms with Crippen molar-refractivity contribution in [3.8, 4) is 0 Å². The summed E-state index contributed by atoms with van der Waals surface area (Å²) in [4.78, 5) is 43.3. The third kappa shape index (κ3) is 4.81. The maximum atomic E-state index is 13.3. The molecule has 2 saturated heterocycles. The number of piperazine rings is 1. The number of hydrogen-bond acceptors (Lipinski definition) is 6. The Labute approximate surface area is 211 Å². The molecule has 4 heterocycles. The number of rotatable bonds is 6. The Morgan fingerprint density at radius 1 is 1.09 bits per heavy atom. The summed E-state index contributed by atoms with van der Waals surface area (Å²) in [7, 11) is 0. The number of carbonyl (C=O) groups is 2. The molecule has 1 unspecified atom stereocenters. The van der Waals surface area contributed by atoms with Crippen LogP contribution in [0.2, 0.25) is 5.02 Å². The minimum absolute atomic E-state index is 0.00238. The van der Waals surface area contributed by atoms with Gasteiger partial charge in [-0.2, -0.15) is 4.98 Å². The van der Waals surface area contributed by atoms with Crippen molar-refractivity contribution in [3.05, 3.63) is 46.1 Å². The summed E-state index contributed by atoms with van der Waals surface area (Å²) in [5, 5.41) is 0.739. The molecular weight excluding hydrogens is 464 g/mol. The van der Waals surface area contributed by atoms with Crippen LogP contribution in [0.15, 0.2) is 24.3 Å². The highest BCUT2D eigenvalue weighted by Crippen LogP contribution is 2.34. The minimum Gasteiger partial charge on any atom is -0.353 e. The van der Waals surface area contributed by atoms with Crippen LogP contribution in [0.4, 0.5) is 11.8 Å². The van der Waals surface area contributed by atoms with Gasteiger partial charge in [-0.15, -0.1) is 0 Å². The molecule has 0 bridgehead atoms. The molecule has 2 fully saturated rings. The standard InChI is InChI=1S/C26H33ClN6O2/c1-3-10-32-17-22-23(25(32)35)28-26(29-24(22)31-14-12-30(13-15-31)18(2)34)33-11-4-5-21(33)16-19-6-8-20(27)9-7-19/h6-9,21H,3-5,10-17H2,1-2H3. The van der Waals surface area contributed by atoms with E-state index in [4.69, 9.17) is 21.6 Å². The molecule has 0 radical (unpaired) electrons. The average molecular weight is 497 g/mol. The van der Waals surface area contributed by atoms with Crippen LogP contribution in [0.5, 0.6) is 0 Å². The molecule has 0 N–H and O–H groups in total. The van der Waals surface area contributed by atoms with Crippen molar-refractivity contribution in [2.24, 2.45) is 0 Å². The lowest BCUT2D eigenvalue weighted by Crippen LogP contribution is -2.48. The van der Waals surface area contributed by atoms with Crippen molar-refractivity contribution in [3.63, 3.8) is 0 Å². The topological polar surface area (TPSA) is 72.9 Å². The number of amides is 2. The van der Waals surface area contributed by atoms with Crippen LogP contribution in [0.25, 0.3) is 0 Å². The monoisotopic (exact) mass is 496 g/mol. The fourth-order valence-electron chi connectivity index (χ4n) is 5.47. The summed E-state index contributed by atoms with van der Waals surface area (Å²) in [5.74, 6) is 1.61. The molecule has 35 heavy (non-hydrogen) atoms. The lowest BCUT2D eigenvalue weighted by molar-refractivity contribution is -0.129. The van der Waals surface area contributed by atoms with Gasteiger partial charge in [-0.25, -0.2) is 4.98 Å². The van der Waals surface area contributed by atoms with Crippen molar-refractivity contribution in [1.82, 2.24) is 19.8 Å². The van der Waals surface area contributed by atoms with Gasteiger partial charge in [-0.05, 0) is 43.4 Å². The molecular formula is C26H33ClN6O2. The smallest absolute Gasteiger partial charge is 0.273 e. The summed E-state index contributed by atoms with van der Waals surface area (Å²) in [6, 6.07) is 8.30. The number of hydrogen-bond donors (Lipinski definition) is 0. The van der Waals surface area contributed by atoms with E-state index >= 15 is 0 Å². The number of carbonyl (C=O) groups excluding carboxylic acids is 2. The van der Waals surface area contributed by atoms with Crippen molar-refractivity contribution >= 4 is 35.2 Å². The lowest BCUT2D eigenvalue weighted by atomic mass is 10.0. The zero-order chi connectivity index (χ0) is 24.5. The molecule has 0 spiro atoms. The van der Waals surface area contributed by atoms with Gasteiger partial charge in [0.2, 0.25) is 11.9 Å². The summed E-state index contributed by atoms with van der Waals surface area (Å²) in [6.45, 7) is 8.59. The highest BCUT2D eigenvalue weighted by Gasteiger charge is 2.37. The van der Waals surface area contributed by atoms with Crippen molar-refractivity contribution < 1.29 is 9.59 Å². The molecule has 2 amide bonds. The van der Waals surface area contributed by atoms with Gasteiger partial charge in [-0.1, -0.05) is 30.7 Å². The van der Waals surface area contributed by atoms with Gasteiger partial charge in [-0.3, -0.25) is 9.59 Å².